The van der Waals surface area contributed by atoms with Gasteiger partial charge in [0.25, 0.3) is 0 Å². The van der Waals surface area contributed by atoms with Crippen molar-refractivity contribution in [1.82, 2.24) is 10.3 Å². The molecule has 1 aromatic heterocycles. The van der Waals surface area contributed by atoms with Crippen LogP contribution in [0.25, 0.3) is 0 Å². The number of thioether (sulfide) groups is 1. The van der Waals surface area contributed by atoms with Crippen molar-refractivity contribution in [3.8, 4) is 5.75 Å². The molecule has 7 nitrogen and oxygen atoms in total. The minimum absolute atomic E-state index is 0.0110. The van der Waals surface area contributed by atoms with Gasteiger partial charge < -0.3 is 15.2 Å². The van der Waals surface area contributed by atoms with Crippen LogP contribution in [0.15, 0.2) is 34.7 Å². The standard InChI is InChI=1S/C14H17F3O.C13H21N3O3S2/c15-14(16,17)12-6-8-13(9-7-12)18-10-11-4-2-1-3-5-11;1-3-5-9(6-4-2)15-12(19)16-13-14-7-11(21-13)20-8-10(17)18/h6-9,11H,1-5,10H2;7,9H,3-6,8H2,1-2H3,(H,17,18)(H2,14,15,16,19). The third-order valence-corrected chi connectivity index (χ3v) is 8.14. The number of rotatable bonds is 12. The fourth-order valence-electron chi connectivity index (χ4n) is 4.13. The molecule has 1 aliphatic carbocycles. The minimum atomic E-state index is -4.28. The van der Waals surface area contributed by atoms with Gasteiger partial charge in [-0.1, -0.05) is 57.3 Å². The molecule has 0 bridgehead atoms. The minimum Gasteiger partial charge on any atom is -0.493 e. The zero-order valence-corrected chi connectivity index (χ0v) is 24.0. The molecule has 0 atom stereocenters. The predicted octanol–water partition coefficient (Wildman–Crippen LogP) is 8.07. The summed E-state index contributed by atoms with van der Waals surface area (Å²) >= 11 is 2.46. The third-order valence-electron chi connectivity index (χ3n) is 6.04. The Labute approximate surface area is 236 Å². The zero-order chi connectivity index (χ0) is 28.7. The normalized spacial score (nSPS) is 13.9. The van der Waals surface area contributed by atoms with Crippen LogP contribution >= 0.6 is 23.1 Å². The molecule has 0 unspecified atom stereocenters. The van der Waals surface area contributed by atoms with Crippen molar-refractivity contribution < 1.29 is 32.6 Å². The lowest BCUT2D eigenvalue weighted by Gasteiger charge is -2.21. The van der Waals surface area contributed by atoms with Crippen LogP contribution in [0.1, 0.15) is 77.2 Å². The number of benzene rings is 1. The topological polar surface area (TPSA) is 101 Å². The van der Waals surface area contributed by atoms with Crippen LogP contribution in [-0.2, 0) is 11.0 Å². The average Bonchev–Trinajstić information content (AvgIpc) is 3.34. The van der Waals surface area contributed by atoms with Gasteiger partial charge in [-0.15, -0.1) is 11.8 Å². The van der Waals surface area contributed by atoms with Gasteiger partial charge >= 0.3 is 18.2 Å². The molecule has 39 heavy (non-hydrogen) atoms. The van der Waals surface area contributed by atoms with E-state index in [2.05, 4.69) is 29.5 Å². The third kappa shape index (κ3) is 13.4. The van der Waals surface area contributed by atoms with E-state index in [0.29, 0.717) is 23.4 Å². The molecular weight excluding hydrogens is 551 g/mol. The highest BCUT2D eigenvalue weighted by atomic mass is 32.2. The molecule has 1 aliphatic rings. The van der Waals surface area contributed by atoms with Gasteiger partial charge in [0, 0.05) is 6.04 Å². The van der Waals surface area contributed by atoms with Crippen molar-refractivity contribution >= 4 is 40.2 Å². The number of anilines is 1. The number of aromatic nitrogens is 1. The molecule has 218 valence electrons. The van der Waals surface area contributed by atoms with Crippen LogP contribution in [0.4, 0.5) is 23.1 Å². The quantitative estimate of drug-likeness (QED) is 0.217. The van der Waals surface area contributed by atoms with E-state index in [1.54, 1.807) is 6.20 Å². The Morgan fingerprint density at radius 3 is 2.33 bits per heavy atom. The number of aliphatic carboxylic acids is 1. The molecule has 1 aromatic carbocycles. The molecule has 12 heteroatoms. The number of amides is 2. The average molecular weight is 590 g/mol. The molecule has 2 aromatic rings. The summed E-state index contributed by atoms with van der Waals surface area (Å²) in [4.78, 5) is 26.4. The maximum absolute atomic E-state index is 12.4. The molecule has 2 amide bonds. The zero-order valence-electron chi connectivity index (χ0n) is 22.4. The van der Waals surface area contributed by atoms with Gasteiger partial charge in [0.05, 0.1) is 28.3 Å². The number of alkyl halides is 3. The Kier molecular flexibility index (Phi) is 14.5. The van der Waals surface area contributed by atoms with E-state index in [9.17, 15) is 22.8 Å². The summed E-state index contributed by atoms with van der Waals surface area (Å²) in [6.45, 7) is 4.80. The SMILES string of the molecule is CCCC(CCC)NC(=O)Nc1ncc(SCC(=O)O)s1.FC(F)(F)c1ccc(OCC2CCCCC2)cc1. The highest BCUT2D eigenvalue weighted by Crippen LogP contribution is 2.31. The van der Waals surface area contributed by atoms with Crippen molar-refractivity contribution in [1.29, 1.82) is 0 Å². The molecule has 1 saturated carbocycles. The summed E-state index contributed by atoms with van der Waals surface area (Å²) in [6, 6.07) is 4.84. The Morgan fingerprint density at radius 1 is 1.13 bits per heavy atom. The van der Waals surface area contributed by atoms with E-state index >= 15 is 0 Å². The number of urea groups is 1. The molecule has 3 rings (SSSR count). The van der Waals surface area contributed by atoms with Gasteiger partial charge in [-0.25, -0.2) is 9.78 Å². The van der Waals surface area contributed by atoms with E-state index < -0.39 is 17.7 Å². The molecular formula is C27H38F3N3O4S2. The van der Waals surface area contributed by atoms with Crippen LogP contribution in [-0.4, -0.2) is 40.5 Å². The number of ether oxygens (including phenoxy) is 1. The maximum atomic E-state index is 12.4. The summed E-state index contributed by atoms with van der Waals surface area (Å²) in [5.41, 5.74) is -0.632. The first kappa shape index (κ1) is 32.7. The maximum Gasteiger partial charge on any atom is 0.416 e. The smallest absolute Gasteiger partial charge is 0.416 e. The number of thiazole rings is 1. The summed E-state index contributed by atoms with van der Waals surface area (Å²) in [5.74, 6) is 0.195. The lowest BCUT2D eigenvalue weighted by atomic mass is 9.90. The predicted molar refractivity (Wildman–Crippen MR) is 150 cm³/mol. The second kappa shape index (κ2) is 17.3. The molecule has 0 saturated heterocycles. The summed E-state index contributed by atoms with van der Waals surface area (Å²) < 4.78 is 43.4. The second-order valence-corrected chi connectivity index (χ2v) is 11.7. The number of nitrogens with one attached hydrogen (secondary N) is 2. The number of nitrogens with zero attached hydrogens (tertiary/aromatic N) is 1. The van der Waals surface area contributed by atoms with Crippen LogP contribution in [0.2, 0.25) is 0 Å². The van der Waals surface area contributed by atoms with E-state index in [1.165, 1.54) is 67.3 Å². The number of carbonyl (C=O) groups excluding carboxylic acids is 1. The number of carboxylic acids is 1. The van der Waals surface area contributed by atoms with Gasteiger partial charge in [-0.3, -0.25) is 10.1 Å². The van der Waals surface area contributed by atoms with Crippen molar-refractivity contribution in [3.63, 3.8) is 0 Å². The van der Waals surface area contributed by atoms with Crippen molar-refractivity contribution in [2.45, 2.75) is 88.1 Å². The molecule has 3 N–H and O–H groups in total. The van der Waals surface area contributed by atoms with E-state index in [0.717, 1.165) is 42.0 Å². The van der Waals surface area contributed by atoms with Crippen LogP contribution < -0.4 is 15.4 Å². The molecule has 1 heterocycles. The van der Waals surface area contributed by atoms with Crippen molar-refractivity contribution in [2.24, 2.45) is 5.92 Å². The van der Waals surface area contributed by atoms with Crippen molar-refractivity contribution in [2.75, 3.05) is 17.7 Å². The lowest BCUT2D eigenvalue weighted by molar-refractivity contribution is -0.137. The second-order valence-electron chi connectivity index (χ2n) is 9.38. The summed E-state index contributed by atoms with van der Waals surface area (Å²) in [5, 5.41) is 14.7. The molecule has 0 spiro atoms. The molecule has 1 fully saturated rings. The first-order valence-corrected chi connectivity index (χ1v) is 15.1. The van der Waals surface area contributed by atoms with E-state index in [4.69, 9.17) is 9.84 Å². The molecule has 0 radical (unpaired) electrons. The number of halogens is 3. The summed E-state index contributed by atoms with van der Waals surface area (Å²) in [6.07, 6.45) is 7.36. The Bertz CT molecular complexity index is 991. The van der Waals surface area contributed by atoms with E-state index in [1.807, 2.05) is 0 Å². The Hall–Kier alpha value is -2.47. The fourth-order valence-corrected chi connectivity index (χ4v) is 5.72. The largest absolute Gasteiger partial charge is 0.493 e. The Balaban J connectivity index is 0.000000276. The van der Waals surface area contributed by atoms with Crippen molar-refractivity contribution in [3.05, 3.63) is 36.0 Å². The summed E-state index contributed by atoms with van der Waals surface area (Å²) in [7, 11) is 0. The lowest BCUT2D eigenvalue weighted by Crippen LogP contribution is -2.37. The van der Waals surface area contributed by atoms with Gasteiger partial charge in [0.1, 0.15) is 5.75 Å². The first-order valence-electron chi connectivity index (χ1n) is 13.3. The van der Waals surface area contributed by atoms with Gasteiger partial charge in [-0.05, 0) is 55.9 Å². The van der Waals surface area contributed by atoms with Crippen LogP contribution in [0.3, 0.4) is 0 Å². The van der Waals surface area contributed by atoms with Gasteiger partial charge in [0.15, 0.2) is 5.13 Å². The monoisotopic (exact) mass is 589 g/mol. The highest BCUT2D eigenvalue weighted by molar-refractivity contribution is 8.01. The fraction of sp³-hybridized carbons (Fsp3) is 0.593. The number of carbonyl (C=O) groups is 2. The van der Waals surface area contributed by atoms with Crippen LogP contribution in [0.5, 0.6) is 5.75 Å². The van der Waals surface area contributed by atoms with Gasteiger partial charge in [-0.2, -0.15) is 13.2 Å². The van der Waals surface area contributed by atoms with E-state index in [-0.39, 0.29) is 17.8 Å². The number of hydrogen-bond donors (Lipinski definition) is 3. The Morgan fingerprint density at radius 2 is 1.77 bits per heavy atom. The van der Waals surface area contributed by atoms with Crippen LogP contribution in [0, 0.1) is 5.92 Å². The number of hydrogen-bond acceptors (Lipinski definition) is 6. The highest BCUT2D eigenvalue weighted by Gasteiger charge is 2.30. The number of carboxylic acid groups (broad SMARTS) is 1. The first-order chi connectivity index (χ1) is 18.6. The van der Waals surface area contributed by atoms with Gasteiger partial charge in [0.2, 0.25) is 0 Å². The molecule has 0 aliphatic heterocycles.